The van der Waals surface area contributed by atoms with Crippen LogP contribution >= 0.6 is 0 Å². The predicted octanol–water partition coefficient (Wildman–Crippen LogP) is 5.78. The number of piperazine rings is 1. The molecule has 2 aromatic heterocycles. The van der Waals surface area contributed by atoms with Crippen LogP contribution in [0.25, 0.3) is 16.7 Å². The number of benzene rings is 3. The van der Waals surface area contributed by atoms with E-state index < -0.39 is 0 Å². The highest BCUT2D eigenvalue weighted by Crippen LogP contribution is 2.38. The van der Waals surface area contributed by atoms with Crippen molar-refractivity contribution in [3.8, 4) is 6.07 Å². The van der Waals surface area contributed by atoms with Crippen LogP contribution in [-0.4, -0.2) is 53.6 Å². The van der Waals surface area contributed by atoms with Gasteiger partial charge in [0, 0.05) is 32.7 Å². The molecule has 2 aliphatic rings. The third-order valence-electron chi connectivity index (χ3n) is 8.47. The lowest BCUT2D eigenvalue weighted by molar-refractivity contribution is 0.0586. The number of hydrogen-bond donors (Lipinski definition) is 0. The summed E-state index contributed by atoms with van der Waals surface area (Å²) in [5, 5.41) is 10.1. The molecule has 0 atom stereocenters. The van der Waals surface area contributed by atoms with Crippen LogP contribution in [-0.2, 0) is 17.6 Å². The molecule has 1 aliphatic carbocycles. The van der Waals surface area contributed by atoms with Crippen molar-refractivity contribution in [1.29, 1.82) is 5.26 Å². The van der Waals surface area contributed by atoms with Crippen LogP contribution in [0.5, 0.6) is 0 Å². The minimum absolute atomic E-state index is 0.0623. The summed E-state index contributed by atoms with van der Waals surface area (Å²) in [6, 6.07) is 31.8. The van der Waals surface area contributed by atoms with Gasteiger partial charge in [0.25, 0.3) is 0 Å². The number of nitriles is 1. The van der Waals surface area contributed by atoms with Gasteiger partial charge in [0.2, 0.25) is 0 Å². The summed E-state index contributed by atoms with van der Waals surface area (Å²) in [7, 11) is 0. The molecule has 6 heteroatoms. The highest BCUT2D eigenvalue weighted by Gasteiger charge is 2.30. The largest absolute Gasteiger partial charge is 0.367 e. The molecule has 0 unspecified atom stereocenters. The van der Waals surface area contributed by atoms with E-state index in [4.69, 9.17) is 9.72 Å². The van der Waals surface area contributed by atoms with E-state index >= 15 is 0 Å². The third kappa shape index (κ3) is 4.42. The normalized spacial score (nSPS) is 15.7. The Balaban J connectivity index is 1.09. The van der Waals surface area contributed by atoms with E-state index in [-0.39, 0.29) is 6.10 Å². The Hall–Kier alpha value is -4.18. The molecule has 0 amide bonds. The highest BCUT2D eigenvalue weighted by molar-refractivity contribution is 5.86. The minimum Gasteiger partial charge on any atom is -0.367 e. The van der Waals surface area contributed by atoms with Gasteiger partial charge in [-0.1, -0.05) is 72.8 Å². The van der Waals surface area contributed by atoms with Gasteiger partial charge < -0.3 is 9.64 Å². The Bertz CT molecular complexity index is 1640. The van der Waals surface area contributed by atoms with Crippen LogP contribution in [0.3, 0.4) is 0 Å². The van der Waals surface area contributed by atoms with Crippen LogP contribution < -0.4 is 4.90 Å². The van der Waals surface area contributed by atoms with Gasteiger partial charge in [-0.15, -0.1) is 0 Å². The minimum atomic E-state index is -0.0623. The van der Waals surface area contributed by atoms with Crippen LogP contribution in [0.15, 0.2) is 84.9 Å². The lowest BCUT2D eigenvalue weighted by Gasteiger charge is -2.37. The van der Waals surface area contributed by atoms with Crippen molar-refractivity contribution in [3.63, 3.8) is 0 Å². The van der Waals surface area contributed by atoms with Gasteiger partial charge in [-0.25, -0.2) is 4.98 Å². The van der Waals surface area contributed by atoms with Crippen LogP contribution in [0.2, 0.25) is 0 Å². The zero-order valence-electron chi connectivity index (χ0n) is 22.7. The lowest BCUT2D eigenvalue weighted by atomic mass is 10.0. The number of hydrogen-bond acceptors (Lipinski definition) is 5. The maximum Gasteiger partial charge on any atom is 0.157 e. The average molecular weight is 528 g/mol. The number of aromatic nitrogens is 2. The van der Waals surface area contributed by atoms with Crippen molar-refractivity contribution in [2.75, 3.05) is 44.2 Å². The molecule has 3 heterocycles. The van der Waals surface area contributed by atoms with Gasteiger partial charge in [-0.05, 0) is 53.6 Å². The van der Waals surface area contributed by atoms with Crippen molar-refractivity contribution in [2.24, 2.45) is 0 Å². The lowest BCUT2D eigenvalue weighted by Crippen LogP contribution is -2.48. The van der Waals surface area contributed by atoms with Crippen molar-refractivity contribution in [1.82, 2.24) is 14.3 Å². The fraction of sp³-hybridized carbons (Fsp3) is 0.294. The smallest absolute Gasteiger partial charge is 0.157 e. The summed E-state index contributed by atoms with van der Waals surface area (Å²) >= 11 is 0. The Kier molecular flexibility index (Phi) is 6.68. The summed E-state index contributed by atoms with van der Waals surface area (Å²) in [4.78, 5) is 9.97. The number of pyridine rings is 1. The van der Waals surface area contributed by atoms with Gasteiger partial charge in [-0.3, -0.25) is 9.30 Å². The van der Waals surface area contributed by atoms with Gasteiger partial charge in [-0.2, -0.15) is 5.26 Å². The van der Waals surface area contributed by atoms with Crippen LogP contribution in [0, 0.1) is 11.3 Å². The summed E-state index contributed by atoms with van der Waals surface area (Å²) in [6.07, 6.45) is 3.03. The van der Waals surface area contributed by atoms with Crippen molar-refractivity contribution in [3.05, 3.63) is 113 Å². The van der Waals surface area contributed by atoms with Gasteiger partial charge >= 0.3 is 0 Å². The topological polar surface area (TPSA) is 56.8 Å². The van der Waals surface area contributed by atoms with E-state index in [1.165, 1.54) is 28.1 Å². The first kappa shape index (κ1) is 24.8. The molecule has 0 N–H and O–H groups in total. The molecule has 1 aliphatic heterocycles. The van der Waals surface area contributed by atoms with E-state index in [2.05, 4.69) is 99.1 Å². The molecule has 0 spiro atoms. The fourth-order valence-corrected chi connectivity index (χ4v) is 6.52. The van der Waals surface area contributed by atoms with Crippen molar-refractivity contribution < 1.29 is 4.74 Å². The molecule has 40 heavy (non-hydrogen) atoms. The molecule has 7 rings (SSSR count). The molecule has 200 valence electrons. The summed E-state index contributed by atoms with van der Waals surface area (Å²) in [5.74, 6) is 1.25. The fourth-order valence-electron chi connectivity index (χ4n) is 6.52. The Morgan fingerprint density at radius 2 is 1.45 bits per heavy atom. The second kappa shape index (κ2) is 10.8. The number of imidazole rings is 1. The summed E-state index contributed by atoms with van der Waals surface area (Å²) in [6.45, 7) is 5.43. The van der Waals surface area contributed by atoms with E-state index in [0.717, 1.165) is 74.2 Å². The number of para-hydroxylation sites is 2. The van der Waals surface area contributed by atoms with E-state index in [9.17, 15) is 5.26 Å². The molecule has 0 bridgehead atoms. The van der Waals surface area contributed by atoms with Crippen molar-refractivity contribution in [2.45, 2.75) is 25.4 Å². The highest BCUT2D eigenvalue weighted by atomic mass is 16.5. The standard InChI is InChI=1S/C34H33N5O/c35-24-29-27-14-9-15-28(27)34(39-31-17-8-7-16-30(31)36-33(29)39)38-20-18-37(19-21-38)22-23-40-32(25-10-3-1-4-11-25)26-12-5-2-6-13-26/h1-8,10-13,16-17,32H,9,14-15,18-23H2. The van der Waals surface area contributed by atoms with E-state index in [0.29, 0.717) is 6.61 Å². The monoisotopic (exact) mass is 527 g/mol. The predicted molar refractivity (Wildman–Crippen MR) is 159 cm³/mol. The zero-order valence-corrected chi connectivity index (χ0v) is 22.7. The number of ether oxygens (including phenoxy) is 1. The number of anilines is 1. The molecule has 3 aromatic carbocycles. The number of rotatable bonds is 7. The third-order valence-corrected chi connectivity index (χ3v) is 8.47. The SMILES string of the molecule is N#Cc1c2c(c(N3CCN(CCOC(c4ccccc4)c4ccccc4)CC3)n3c1nc1ccccc13)CCC2. The molecular formula is C34H33N5O. The maximum atomic E-state index is 10.1. The van der Waals surface area contributed by atoms with E-state index in [1.807, 2.05) is 6.07 Å². The summed E-state index contributed by atoms with van der Waals surface area (Å²) < 4.78 is 8.78. The van der Waals surface area contributed by atoms with Gasteiger partial charge in [0.1, 0.15) is 18.0 Å². The molecule has 6 nitrogen and oxygen atoms in total. The Morgan fingerprint density at radius 1 is 0.800 bits per heavy atom. The Labute approximate surface area is 235 Å². The van der Waals surface area contributed by atoms with Gasteiger partial charge in [0.15, 0.2) is 5.65 Å². The number of fused-ring (bicyclic) bond motifs is 4. The molecular weight excluding hydrogens is 494 g/mol. The number of nitrogens with zero attached hydrogens (tertiary/aromatic N) is 5. The molecule has 1 fully saturated rings. The van der Waals surface area contributed by atoms with Crippen LogP contribution in [0.4, 0.5) is 5.82 Å². The zero-order chi connectivity index (χ0) is 26.9. The first-order valence-corrected chi connectivity index (χ1v) is 14.4. The maximum absolute atomic E-state index is 10.1. The van der Waals surface area contributed by atoms with Gasteiger partial charge in [0.05, 0.1) is 23.2 Å². The molecule has 1 saturated heterocycles. The molecule has 0 saturated carbocycles. The van der Waals surface area contributed by atoms with E-state index in [1.54, 1.807) is 0 Å². The molecule has 5 aromatic rings. The Morgan fingerprint density at radius 3 is 2.15 bits per heavy atom. The average Bonchev–Trinajstić information content (AvgIpc) is 3.65. The quantitative estimate of drug-likeness (QED) is 0.269. The van der Waals surface area contributed by atoms with Crippen LogP contribution in [0.1, 0.15) is 40.3 Å². The summed E-state index contributed by atoms with van der Waals surface area (Å²) in [5.41, 5.74) is 8.53. The first-order valence-electron chi connectivity index (χ1n) is 14.4. The molecule has 0 radical (unpaired) electrons. The van der Waals surface area contributed by atoms with Crippen molar-refractivity contribution >= 4 is 22.5 Å². The second-order valence-electron chi connectivity index (χ2n) is 10.8. The first-order chi connectivity index (χ1) is 19.8. The second-order valence-corrected chi connectivity index (χ2v) is 10.8.